The van der Waals surface area contributed by atoms with Gasteiger partial charge in [-0.25, -0.2) is 0 Å². The second-order valence-corrected chi connectivity index (χ2v) is 17.4. The van der Waals surface area contributed by atoms with Gasteiger partial charge in [-0.3, -0.25) is 0 Å². The first-order chi connectivity index (χ1) is 22.8. The summed E-state index contributed by atoms with van der Waals surface area (Å²) < 4.78 is 39.9. The maximum atomic E-state index is 6.91. The highest BCUT2D eigenvalue weighted by Crippen LogP contribution is 2.34. The summed E-state index contributed by atoms with van der Waals surface area (Å²) in [7, 11) is -1.89. The smallest absolute Gasteiger partial charge is 0.241 e. The van der Waals surface area contributed by atoms with E-state index in [4.69, 9.17) is 28.1 Å². The third-order valence-electron chi connectivity index (χ3n) is 7.86. The molecule has 6 nitrogen and oxygen atoms in total. The lowest BCUT2D eigenvalue weighted by Gasteiger charge is -2.46. The van der Waals surface area contributed by atoms with E-state index in [9.17, 15) is 0 Å². The first-order valence-corrected chi connectivity index (χ1v) is 19.9. The van der Waals surface area contributed by atoms with E-state index in [2.05, 4.69) is 74.8 Å². The fourth-order valence-corrected chi connectivity index (χ4v) is 6.70. The van der Waals surface area contributed by atoms with Gasteiger partial charge in [0.15, 0.2) is 0 Å². The van der Waals surface area contributed by atoms with Crippen LogP contribution in [0.1, 0.15) is 28.7 Å². The zero-order valence-electron chi connectivity index (χ0n) is 27.8. The third-order valence-corrected chi connectivity index (χ3v) is 8.76. The molecule has 1 saturated heterocycles. The molecule has 47 heavy (non-hydrogen) atoms. The zero-order valence-corrected chi connectivity index (χ0v) is 28.8. The summed E-state index contributed by atoms with van der Waals surface area (Å²) >= 11 is 0. The SMILES string of the molecule is C=C(C[C@@H]1O[C@H](COCc2ccccc2)[C@@H](OCc2ccccc2)[C@H](OCc2ccccc2)[C@H]1OCc1ccccc1)O[Si](C)(C)C. The minimum Gasteiger partial charge on any atom is -0.548 e. The fourth-order valence-electron chi connectivity index (χ4n) is 5.75. The summed E-state index contributed by atoms with van der Waals surface area (Å²) in [5.41, 5.74) is 4.31. The van der Waals surface area contributed by atoms with Gasteiger partial charge in [-0.2, -0.15) is 0 Å². The standard InChI is InChI=1S/C40H48O6Si/c1-31(46-47(2,3)4)25-36-38(42-27-33-19-11-6-12-20-33)40(44-29-35-23-15-8-16-24-35)39(43-28-34-21-13-7-14-22-34)37(45-36)30-41-26-32-17-9-5-10-18-32/h5-24,36-40H,1,25-30H2,2-4H3/t36-,37+,38-,39+,40+/m0/s1. The molecule has 0 bridgehead atoms. The van der Waals surface area contributed by atoms with Crippen LogP contribution in [0.2, 0.25) is 19.6 Å². The number of benzene rings is 4. The minimum atomic E-state index is -1.89. The summed E-state index contributed by atoms with van der Waals surface area (Å²) in [5, 5.41) is 0. The third kappa shape index (κ3) is 11.3. The highest BCUT2D eigenvalue weighted by molar-refractivity contribution is 6.70. The van der Waals surface area contributed by atoms with Crippen molar-refractivity contribution < 1.29 is 28.1 Å². The van der Waals surface area contributed by atoms with Gasteiger partial charge < -0.3 is 28.1 Å². The van der Waals surface area contributed by atoms with E-state index in [0.29, 0.717) is 45.2 Å². The van der Waals surface area contributed by atoms with Crippen LogP contribution in [-0.4, -0.2) is 45.4 Å². The van der Waals surface area contributed by atoms with Gasteiger partial charge in [0.1, 0.15) is 24.4 Å². The maximum Gasteiger partial charge on any atom is 0.241 e. The summed E-state index contributed by atoms with van der Waals surface area (Å²) in [4.78, 5) is 0. The molecule has 4 aromatic carbocycles. The zero-order chi connectivity index (χ0) is 32.9. The fraction of sp³-hybridized carbons (Fsp3) is 0.350. The van der Waals surface area contributed by atoms with Crippen molar-refractivity contribution in [3.63, 3.8) is 0 Å². The van der Waals surface area contributed by atoms with E-state index in [1.807, 2.05) is 72.8 Å². The number of rotatable bonds is 17. The molecule has 0 aliphatic carbocycles. The molecule has 1 heterocycles. The molecule has 248 valence electrons. The Morgan fingerprint density at radius 2 is 0.936 bits per heavy atom. The normalized spacial score (nSPS) is 21.3. The Morgan fingerprint density at radius 3 is 1.36 bits per heavy atom. The van der Waals surface area contributed by atoms with Crippen molar-refractivity contribution in [2.24, 2.45) is 0 Å². The Labute approximate surface area is 281 Å². The topological polar surface area (TPSA) is 55.4 Å². The summed E-state index contributed by atoms with van der Waals surface area (Å²) in [6, 6.07) is 40.7. The van der Waals surface area contributed by atoms with E-state index < -0.39 is 38.8 Å². The van der Waals surface area contributed by atoms with Gasteiger partial charge in [0.05, 0.1) is 44.9 Å². The van der Waals surface area contributed by atoms with Crippen molar-refractivity contribution in [3.8, 4) is 0 Å². The van der Waals surface area contributed by atoms with Gasteiger partial charge in [0, 0.05) is 6.42 Å². The Kier molecular flexibility index (Phi) is 13.0. The Hall–Kier alpha value is -3.56. The van der Waals surface area contributed by atoms with Crippen molar-refractivity contribution in [2.75, 3.05) is 6.61 Å². The van der Waals surface area contributed by atoms with E-state index in [1.54, 1.807) is 0 Å². The molecule has 0 aromatic heterocycles. The molecule has 1 fully saturated rings. The second-order valence-electron chi connectivity index (χ2n) is 13.0. The van der Waals surface area contributed by atoms with Crippen LogP contribution in [0.15, 0.2) is 134 Å². The molecule has 5 atom stereocenters. The van der Waals surface area contributed by atoms with Crippen LogP contribution in [0, 0.1) is 0 Å². The number of ether oxygens (including phenoxy) is 5. The molecular formula is C40H48O6Si. The Bertz CT molecular complexity index is 1460. The quantitative estimate of drug-likeness (QED) is 0.0843. The van der Waals surface area contributed by atoms with Crippen LogP contribution in [-0.2, 0) is 54.5 Å². The highest BCUT2D eigenvalue weighted by atomic mass is 28.4. The van der Waals surface area contributed by atoms with Gasteiger partial charge in [-0.05, 0) is 41.9 Å². The molecule has 0 saturated carbocycles. The summed E-state index contributed by atoms with van der Waals surface area (Å²) in [6.45, 7) is 12.8. The van der Waals surface area contributed by atoms with E-state index in [1.165, 1.54) is 0 Å². The van der Waals surface area contributed by atoms with Gasteiger partial charge in [0.2, 0.25) is 8.32 Å². The van der Waals surface area contributed by atoms with Crippen LogP contribution in [0.5, 0.6) is 0 Å². The average molecular weight is 653 g/mol. The number of hydrogen-bond acceptors (Lipinski definition) is 6. The molecule has 1 aliphatic rings. The van der Waals surface area contributed by atoms with Gasteiger partial charge in [0.25, 0.3) is 0 Å². The monoisotopic (exact) mass is 652 g/mol. The Balaban J connectivity index is 1.45. The highest BCUT2D eigenvalue weighted by Gasteiger charge is 2.48. The van der Waals surface area contributed by atoms with Crippen molar-refractivity contribution in [1.82, 2.24) is 0 Å². The van der Waals surface area contributed by atoms with Gasteiger partial charge in [-0.1, -0.05) is 128 Å². The lowest BCUT2D eigenvalue weighted by atomic mass is 9.92. The molecule has 0 radical (unpaired) electrons. The second kappa shape index (κ2) is 17.5. The molecular weight excluding hydrogens is 605 g/mol. The van der Waals surface area contributed by atoms with Gasteiger partial charge >= 0.3 is 0 Å². The molecule has 1 aliphatic heterocycles. The van der Waals surface area contributed by atoms with Crippen molar-refractivity contribution in [2.45, 2.75) is 83.0 Å². The molecule has 5 rings (SSSR count). The Morgan fingerprint density at radius 1 is 0.553 bits per heavy atom. The van der Waals surface area contributed by atoms with Crippen molar-refractivity contribution in [3.05, 3.63) is 156 Å². The predicted octanol–water partition coefficient (Wildman–Crippen LogP) is 8.48. The molecule has 0 amide bonds. The molecule has 0 spiro atoms. The average Bonchev–Trinajstić information content (AvgIpc) is 3.07. The van der Waals surface area contributed by atoms with Crippen LogP contribution < -0.4 is 0 Å². The molecule has 0 N–H and O–H groups in total. The van der Waals surface area contributed by atoms with Crippen molar-refractivity contribution >= 4 is 8.32 Å². The molecule has 4 aromatic rings. The van der Waals surface area contributed by atoms with E-state index in [0.717, 1.165) is 22.3 Å². The van der Waals surface area contributed by atoms with Crippen LogP contribution in [0.3, 0.4) is 0 Å². The first-order valence-electron chi connectivity index (χ1n) is 16.4. The summed E-state index contributed by atoms with van der Waals surface area (Å²) in [5.74, 6) is 0.692. The molecule has 7 heteroatoms. The van der Waals surface area contributed by atoms with Gasteiger partial charge in [-0.15, -0.1) is 0 Å². The van der Waals surface area contributed by atoms with E-state index in [-0.39, 0.29) is 0 Å². The number of hydrogen-bond donors (Lipinski definition) is 0. The minimum absolute atomic E-state index is 0.322. The summed E-state index contributed by atoms with van der Waals surface area (Å²) in [6.07, 6.45) is -1.76. The van der Waals surface area contributed by atoms with Crippen LogP contribution in [0.4, 0.5) is 0 Å². The predicted molar refractivity (Wildman–Crippen MR) is 188 cm³/mol. The maximum absolute atomic E-state index is 6.91. The lowest BCUT2D eigenvalue weighted by molar-refractivity contribution is -0.272. The van der Waals surface area contributed by atoms with E-state index >= 15 is 0 Å². The first kappa shape index (κ1) is 34.8. The van der Waals surface area contributed by atoms with Crippen LogP contribution >= 0.6 is 0 Å². The van der Waals surface area contributed by atoms with Crippen molar-refractivity contribution in [1.29, 1.82) is 0 Å². The molecule has 0 unspecified atom stereocenters. The van der Waals surface area contributed by atoms with Crippen LogP contribution in [0.25, 0.3) is 0 Å². The largest absolute Gasteiger partial charge is 0.548 e. The lowest BCUT2D eigenvalue weighted by Crippen LogP contribution is -2.61.